The van der Waals surface area contributed by atoms with E-state index in [1.807, 2.05) is 23.0 Å². The van der Waals surface area contributed by atoms with Crippen molar-refractivity contribution in [1.29, 1.82) is 0 Å². The molecule has 0 amide bonds. The van der Waals surface area contributed by atoms with Crippen LogP contribution in [0.25, 0.3) is 11.8 Å². The second kappa shape index (κ2) is 6.86. The summed E-state index contributed by atoms with van der Waals surface area (Å²) in [4.78, 5) is 4.24. The number of rotatable bonds is 4. The van der Waals surface area contributed by atoms with Crippen LogP contribution in [0.5, 0.6) is 0 Å². The quantitative estimate of drug-likeness (QED) is 0.688. The largest absolute Gasteiger partial charge is 0.389 e. The van der Waals surface area contributed by atoms with Crippen molar-refractivity contribution < 1.29 is 14.6 Å². The number of aliphatic hydroxyl groups is 2. The van der Waals surface area contributed by atoms with Gasteiger partial charge in [0.1, 0.15) is 5.82 Å². The van der Waals surface area contributed by atoms with Crippen LogP contribution in [0, 0.1) is 11.2 Å². The van der Waals surface area contributed by atoms with E-state index in [1.165, 1.54) is 12.1 Å². The number of halogens is 1. The van der Waals surface area contributed by atoms with Gasteiger partial charge in [0.2, 0.25) is 0 Å². The summed E-state index contributed by atoms with van der Waals surface area (Å²) < 4.78 is 15.1. The predicted molar refractivity (Wildman–Crippen MR) is 111 cm³/mol. The first-order valence-corrected chi connectivity index (χ1v) is 10.2. The molecule has 154 valence electrons. The van der Waals surface area contributed by atoms with E-state index >= 15 is 0 Å². The molecule has 2 heterocycles. The number of benzene rings is 1. The van der Waals surface area contributed by atoms with E-state index in [0.717, 1.165) is 28.9 Å². The molecule has 2 aromatic heterocycles. The molecule has 30 heavy (non-hydrogen) atoms. The van der Waals surface area contributed by atoms with Crippen molar-refractivity contribution in [2.24, 2.45) is 5.41 Å². The van der Waals surface area contributed by atoms with Gasteiger partial charge in [0.25, 0.3) is 0 Å². The minimum Gasteiger partial charge on any atom is -0.389 e. The topological polar surface area (TPSA) is 71.2 Å². The zero-order chi connectivity index (χ0) is 20.9. The number of nitrogens with zero attached hydrogens (tertiary/aromatic N) is 3. The predicted octanol–water partition coefficient (Wildman–Crippen LogP) is 4.00. The van der Waals surface area contributed by atoms with Gasteiger partial charge >= 0.3 is 0 Å². The van der Waals surface area contributed by atoms with Gasteiger partial charge in [-0.25, -0.2) is 9.07 Å². The molecule has 0 spiro atoms. The summed E-state index contributed by atoms with van der Waals surface area (Å²) in [6.45, 7) is 2.08. The summed E-state index contributed by atoms with van der Waals surface area (Å²) in [6, 6.07) is 11.7. The van der Waals surface area contributed by atoms with Gasteiger partial charge in [0, 0.05) is 18.0 Å². The summed E-state index contributed by atoms with van der Waals surface area (Å²) in [5, 5.41) is 26.9. The van der Waals surface area contributed by atoms with Gasteiger partial charge in [-0.15, -0.1) is 0 Å². The van der Waals surface area contributed by atoms with Crippen LogP contribution < -0.4 is 0 Å². The average Bonchev–Trinajstić information content (AvgIpc) is 3.25. The standard InChI is InChI=1S/C24H24FN3O2/c1-23-13-16-15-27-28(19-7-5-18(25)6-8-19)21(16)12-17(23)9-10-24(23,30)14-22(29)20-4-2-3-11-26-20/h2-8,11-12,15,22,29-30H,9-10,13-14H2,1H3/t22?,23?,24-/m1/s1. The number of aliphatic hydroxyl groups excluding tert-OH is 1. The molecule has 5 nitrogen and oxygen atoms in total. The normalized spacial score (nSPS) is 26.1. The third-order valence-electron chi connectivity index (χ3n) is 6.92. The Morgan fingerprint density at radius 1 is 1.20 bits per heavy atom. The van der Waals surface area contributed by atoms with Crippen LogP contribution in [0.15, 0.2) is 60.4 Å². The number of aromatic nitrogens is 3. The van der Waals surface area contributed by atoms with E-state index in [1.54, 1.807) is 24.4 Å². The highest BCUT2D eigenvalue weighted by Gasteiger charge is 2.55. The number of fused-ring (bicyclic) bond motifs is 2. The molecule has 3 aromatic rings. The summed E-state index contributed by atoms with van der Waals surface area (Å²) in [5.41, 5.74) is 3.04. The molecule has 2 aliphatic carbocycles. The lowest BCUT2D eigenvalue weighted by Crippen LogP contribution is -2.46. The first kappa shape index (κ1) is 19.2. The molecule has 0 radical (unpaired) electrons. The van der Waals surface area contributed by atoms with Crippen LogP contribution in [0.3, 0.4) is 0 Å². The zero-order valence-corrected chi connectivity index (χ0v) is 16.8. The minimum atomic E-state index is -1.04. The maximum absolute atomic E-state index is 13.3. The lowest BCUT2D eigenvalue weighted by Gasteiger charge is -2.43. The molecule has 6 heteroatoms. The highest BCUT2D eigenvalue weighted by molar-refractivity contribution is 5.62. The Balaban J connectivity index is 1.47. The Labute approximate surface area is 174 Å². The van der Waals surface area contributed by atoms with Gasteiger partial charge in [0.05, 0.1) is 35.0 Å². The molecule has 1 fully saturated rings. The molecule has 5 rings (SSSR count). The molecular formula is C24H24FN3O2. The van der Waals surface area contributed by atoms with E-state index < -0.39 is 17.1 Å². The molecule has 2 N–H and O–H groups in total. The molecule has 0 saturated heterocycles. The van der Waals surface area contributed by atoms with Crippen molar-refractivity contribution in [3.8, 4) is 5.69 Å². The minimum absolute atomic E-state index is 0.235. The van der Waals surface area contributed by atoms with Gasteiger partial charge in [-0.3, -0.25) is 4.98 Å². The lowest BCUT2D eigenvalue weighted by atomic mass is 9.65. The summed E-state index contributed by atoms with van der Waals surface area (Å²) in [7, 11) is 0. The molecule has 1 saturated carbocycles. The first-order valence-electron chi connectivity index (χ1n) is 10.2. The van der Waals surface area contributed by atoms with Crippen LogP contribution >= 0.6 is 0 Å². The Kier molecular flexibility index (Phi) is 4.38. The third kappa shape index (κ3) is 2.90. The van der Waals surface area contributed by atoms with Crippen molar-refractivity contribution >= 4 is 6.08 Å². The fourth-order valence-corrected chi connectivity index (χ4v) is 5.04. The van der Waals surface area contributed by atoms with E-state index in [2.05, 4.69) is 23.1 Å². The van der Waals surface area contributed by atoms with Crippen molar-refractivity contribution in [3.63, 3.8) is 0 Å². The monoisotopic (exact) mass is 405 g/mol. The van der Waals surface area contributed by atoms with Crippen LogP contribution in [-0.2, 0) is 6.42 Å². The second-order valence-electron chi connectivity index (χ2n) is 8.63. The maximum Gasteiger partial charge on any atom is 0.123 e. The molecule has 3 atom stereocenters. The molecule has 1 aromatic carbocycles. The SMILES string of the molecule is CC12Cc3cnn(-c4ccc(F)cc4)c3C=C1CC[C@@]2(O)CC(O)c1ccccn1. The fourth-order valence-electron chi connectivity index (χ4n) is 5.04. The Hall–Kier alpha value is -2.83. The molecule has 0 aliphatic heterocycles. The van der Waals surface area contributed by atoms with Crippen molar-refractivity contribution in [1.82, 2.24) is 14.8 Å². The van der Waals surface area contributed by atoms with E-state index in [4.69, 9.17) is 0 Å². The number of hydrogen-bond acceptors (Lipinski definition) is 4. The average molecular weight is 405 g/mol. The Morgan fingerprint density at radius 2 is 2.00 bits per heavy atom. The van der Waals surface area contributed by atoms with E-state index in [0.29, 0.717) is 18.5 Å². The van der Waals surface area contributed by atoms with Gasteiger partial charge < -0.3 is 10.2 Å². The highest BCUT2D eigenvalue weighted by Crippen LogP contribution is 2.57. The molecule has 0 bridgehead atoms. The van der Waals surface area contributed by atoms with Crippen LogP contribution in [0.2, 0.25) is 0 Å². The molecular weight excluding hydrogens is 381 g/mol. The lowest BCUT2D eigenvalue weighted by molar-refractivity contribution is -0.0747. The van der Waals surface area contributed by atoms with Gasteiger partial charge in [-0.1, -0.05) is 18.6 Å². The van der Waals surface area contributed by atoms with Crippen molar-refractivity contribution in [2.75, 3.05) is 0 Å². The van der Waals surface area contributed by atoms with E-state index in [-0.39, 0.29) is 12.2 Å². The first-order chi connectivity index (χ1) is 14.4. The Morgan fingerprint density at radius 3 is 2.73 bits per heavy atom. The summed E-state index contributed by atoms with van der Waals surface area (Å²) >= 11 is 0. The van der Waals surface area contributed by atoms with Gasteiger partial charge in [0.15, 0.2) is 0 Å². The third-order valence-corrected chi connectivity index (χ3v) is 6.92. The van der Waals surface area contributed by atoms with Gasteiger partial charge in [-0.2, -0.15) is 5.10 Å². The van der Waals surface area contributed by atoms with Crippen LogP contribution in [-0.4, -0.2) is 30.6 Å². The van der Waals surface area contributed by atoms with Gasteiger partial charge in [-0.05, 0) is 67.3 Å². The smallest absolute Gasteiger partial charge is 0.123 e. The summed E-state index contributed by atoms with van der Waals surface area (Å²) in [5.74, 6) is -0.280. The second-order valence-corrected chi connectivity index (χ2v) is 8.63. The fraction of sp³-hybridized carbons (Fsp3) is 0.333. The molecule has 2 unspecified atom stereocenters. The molecule has 2 aliphatic rings. The van der Waals surface area contributed by atoms with Crippen LogP contribution in [0.1, 0.15) is 49.2 Å². The Bertz CT molecular complexity index is 1110. The van der Waals surface area contributed by atoms with Crippen molar-refractivity contribution in [3.05, 3.63) is 83.2 Å². The maximum atomic E-state index is 13.3. The van der Waals surface area contributed by atoms with Crippen molar-refractivity contribution in [2.45, 2.75) is 44.3 Å². The number of pyridine rings is 1. The zero-order valence-electron chi connectivity index (χ0n) is 16.8. The van der Waals surface area contributed by atoms with E-state index in [9.17, 15) is 14.6 Å². The highest BCUT2D eigenvalue weighted by atomic mass is 19.1. The number of hydrogen-bond donors (Lipinski definition) is 2. The van der Waals surface area contributed by atoms with Crippen LogP contribution in [0.4, 0.5) is 4.39 Å². The summed E-state index contributed by atoms with van der Waals surface area (Å²) in [6.07, 6.45) is 6.99.